The van der Waals surface area contributed by atoms with Crippen LogP contribution in [0.25, 0.3) is 0 Å². The quantitative estimate of drug-likeness (QED) is 0.342. The van der Waals surface area contributed by atoms with Crippen LogP contribution < -0.4 is 11.5 Å². The minimum atomic E-state index is -0.333. The Kier molecular flexibility index (Phi) is 10.4. The number of nitrogens with zero attached hydrogens (tertiary/aromatic N) is 2. The van der Waals surface area contributed by atoms with Crippen LogP contribution in [0.1, 0.15) is 12.8 Å². The van der Waals surface area contributed by atoms with E-state index in [0.717, 1.165) is 0 Å². The summed E-state index contributed by atoms with van der Waals surface area (Å²) < 4.78 is 0. The molecule has 1 fully saturated rings. The Morgan fingerprint density at radius 1 is 0.900 bits per heavy atom. The smallest absolute Gasteiger partial charge is 0.223 e. The standard InChI is InChI=1S/C10H16Br2N2O2.CH5N3/c11-3-1-9(15)13-5-7-14(8-6-13)10(16)2-4-12;2-1(3)4/h1-8H2;(H5,2,3,4). The summed E-state index contributed by atoms with van der Waals surface area (Å²) in [6.07, 6.45) is 1.07. The molecule has 20 heavy (non-hydrogen) atoms. The lowest BCUT2D eigenvalue weighted by molar-refractivity contribution is -0.139. The van der Waals surface area contributed by atoms with Crippen molar-refractivity contribution in [1.29, 1.82) is 5.41 Å². The zero-order chi connectivity index (χ0) is 15.5. The van der Waals surface area contributed by atoms with Crippen molar-refractivity contribution >= 4 is 49.6 Å². The number of amides is 2. The van der Waals surface area contributed by atoms with Gasteiger partial charge in [-0.1, -0.05) is 31.9 Å². The molecule has 116 valence electrons. The number of halogens is 2. The van der Waals surface area contributed by atoms with Crippen molar-refractivity contribution in [1.82, 2.24) is 9.80 Å². The first-order valence-electron chi connectivity index (χ1n) is 6.19. The number of piperazine rings is 1. The highest BCUT2D eigenvalue weighted by Crippen LogP contribution is 2.06. The van der Waals surface area contributed by atoms with E-state index in [1.807, 2.05) is 9.80 Å². The van der Waals surface area contributed by atoms with Gasteiger partial charge in [0.1, 0.15) is 0 Å². The first kappa shape index (κ1) is 19.2. The predicted molar refractivity (Wildman–Crippen MR) is 86.1 cm³/mol. The highest BCUT2D eigenvalue weighted by Gasteiger charge is 2.22. The maximum atomic E-state index is 11.6. The van der Waals surface area contributed by atoms with Crippen LogP contribution in [0.15, 0.2) is 0 Å². The topological polar surface area (TPSA) is 117 Å². The van der Waals surface area contributed by atoms with Crippen LogP contribution in [-0.4, -0.2) is 64.4 Å². The molecule has 0 aromatic rings. The van der Waals surface area contributed by atoms with Crippen LogP contribution in [0, 0.1) is 5.41 Å². The van der Waals surface area contributed by atoms with Crippen molar-refractivity contribution in [3.63, 3.8) is 0 Å². The molecule has 1 heterocycles. The number of nitrogens with two attached hydrogens (primary N) is 2. The second-order valence-corrected chi connectivity index (χ2v) is 5.68. The fraction of sp³-hybridized carbons (Fsp3) is 0.727. The molecule has 1 aliphatic rings. The first-order chi connectivity index (χ1) is 9.42. The van der Waals surface area contributed by atoms with Crippen molar-refractivity contribution in [2.45, 2.75) is 12.8 Å². The molecule has 0 aromatic carbocycles. The van der Waals surface area contributed by atoms with E-state index in [0.29, 0.717) is 49.7 Å². The van der Waals surface area contributed by atoms with Crippen LogP contribution in [0.3, 0.4) is 0 Å². The maximum Gasteiger partial charge on any atom is 0.223 e. The number of rotatable bonds is 4. The van der Waals surface area contributed by atoms with E-state index in [4.69, 9.17) is 5.41 Å². The molecule has 7 nitrogen and oxygen atoms in total. The Morgan fingerprint density at radius 3 is 1.35 bits per heavy atom. The fourth-order valence-corrected chi connectivity index (χ4v) is 2.36. The van der Waals surface area contributed by atoms with Crippen LogP contribution in [-0.2, 0) is 9.59 Å². The van der Waals surface area contributed by atoms with Crippen molar-refractivity contribution in [3.05, 3.63) is 0 Å². The van der Waals surface area contributed by atoms with Gasteiger partial charge in [0.2, 0.25) is 11.8 Å². The Bertz CT molecular complexity index is 303. The second-order valence-electron chi connectivity index (χ2n) is 4.09. The molecule has 0 aliphatic carbocycles. The predicted octanol–water partition coefficient (Wildman–Crippen LogP) is 0.0658. The normalized spacial score (nSPS) is 14.3. The SMILES string of the molecule is N=C(N)N.O=C(CCBr)N1CCN(C(=O)CCBr)CC1. The summed E-state index contributed by atoms with van der Waals surface area (Å²) in [6, 6.07) is 0. The second kappa shape index (κ2) is 10.9. The number of alkyl halides is 2. The molecule has 1 aliphatic heterocycles. The average Bonchev–Trinajstić information content (AvgIpc) is 2.39. The number of guanidine groups is 1. The van der Waals surface area contributed by atoms with E-state index in [1.165, 1.54) is 0 Å². The molecule has 0 atom stereocenters. The van der Waals surface area contributed by atoms with E-state index >= 15 is 0 Å². The summed E-state index contributed by atoms with van der Waals surface area (Å²) in [5.41, 5.74) is 8.94. The number of carbonyl (C=O) groups excluding carboxylic acids is 2. The first-order valence-corrected chi connectivity index (χ1v) is 8.43. The van der Waals surface area contributed by atoms with E-state index in [1.54, 1.807) is 0 Å². The van der Waals surface area contributed by atoms with E-state index in [-0.39, 0.29) is 17.8 Å². The van der Waals surface area contributed by atoms with Gasteiger partial charge in [0.25, 0.3) is 0 Å². The maximum absolute atomic E-state index is 11.6. The largest absolute Gasteiger partial charge is 0.370 e. The number of hydrogen-bond acceptors (Lipinski definition) is 3. The lowest BCUT2D eigenvalue weighted by Crippen LogP contribution is -2.50. The van der Waals surface area contributed by atoms with Gasteiger partial charge in [-0.25, -0.2) is 0 Å². The van der Waals surface area contributed by atoms with Gasteiger partial charge in [-0.2, -0.15) is 0 Å². The molecule has 5 N–H and O–H groups in total. The van der Waals surface area contributed by atoms with Gasteiger partial charge >= 0.3 is 0 Å². The Morgan fingerprint density at radius 2 is 1.15 bits per heavy atom. The molecule has 2 amide bonds. The molecular formula is C11H21Br2N5O2. The number of nitrogens with one attached hydrogen (secondary N) is 1. The van der Waals surface area contributed by atoms with Crippen LogP contribution in [0.5, 0.6) is 0 Å². The minimum Gasteiger partial charge on any atom is -0.370 e. The van der Waals surface area contributed by atoms with Gasteiger partial charge in [0, 0.05) is 49.7 Å². The summed E-state index contributed by atoms with van der Waals surface area (Å²) >= 11 is 6.51. The third kappa shape index (κ3) is 8.36. The molecule has 0 radical (unpaired) electrons. The van der Waals surface area contributed by atoms with Crippen molar-refractivity contribution in [3.8, 4) is 0 Å². The summed E-state index contributed by atoms with van der Waals surface area (Å²) in [4.78, 5) is 26.8. The Hall–Kier alpha value is -0.830. The Balaban J connectivity index is 0.000000796. The molecule has 1 rings (SSSR count). The summed E-state index contributed by atoms with van der Waals surface area (Å²) in [5.74, 6) is 0.00827. The molecule has 0 bridgehead atoms. The highest BCUT2D eigenvalue weighted by atomic mass is 79.9. The highest BCUT2D eigenvalue weighted by molar-refractivity contribution is 9.09. The zero-order valence-corrected chi connectivity index (χ0v) is 14.5. The molecule has 0 spiro atoms. The van der Waals surface area contributed by atoms with Crippen LogP contribution >= 0.6 is 31.9 Å². The molecule has 0 aromatic heterocycles. The average molecular weight is 415 g/mol. The summed E-state index contributed by atoms with van der Waals surface area (Å²) in [6.45, 7) is 2.67. The monoisotopic (exact) mass is 413 g/mol. The molecule has 0 unspecified atom stereocenters. The molecule has 1 saturated heterocycles. The van der Waals surface area contributed by atoms with E-state index in [9.17, 15) is 9.59 Å². The molecule has 0 saturated carbocycles. The lowest BCUT2D eigenvalue weighted by Gasteiger charge is -2.34. The molecular weight excluding hydrogens is 394 g/mol. The molecule has 9 heteroatoms. The van der Waals surface area contributed by atoms with Crippen LogP contribution in [0.4, 0.5) is 0 Å². The van der Waals surface area contributed by atoms with Crippen molar-refractivity contribution < 1.29 is 9.59 Å². The van der Waals surface area contributed by atoms with Gasteiger partial charge in [-0.05, 0) is 0 Å². The van der Waals surface area contributed by atoms with E-state index in [2.05, 4.69) is 43.3 Å². The van der Waals surface area contributed by atoms with Gasteiger partial charge in [0.05, 0.1) is 0 Å². The van der Waals surface area contributed by atoms with Crippen molar-refractivity contribution in [2.75, 3.05) is 36.8 Å². The van der Waals surface area contributed by atoms with Gasteiger partial charge < -0.3 is 21.3 Å². The van der Waals surface area contributed by atoms with Crippen molar-refractivity contribution in [2.24, 2.45) is 11.5 Å². The summed E-state index contributed by atoms with van der Waals surface area (Å²) in [5, 5.41) is 7.46. The van der Waals surface area contributed by atoms with Crippen LogP contribution in [0.2, 0.25) is 0 Å². The van der Waals surface area contributed by atoms with Gasteiger partial charge in [-0.15, -0.1) is 0 Å². The van der Waals surface area contributed by atoms with E-state index < -0.39 is 0 Å². The summed E-state index contributed by atoms with van der Waals surface area (Å²) in [7, 11) is 0. The third-order valence-corrected chi connectivity index (χ3v) is 3.39. The number of carbonyl (C=O) groups is 2. The zero-order valence-electron chi connectivity index (χ0n) is 11.3. The van der Waals surface area contributed by atoms with Gasteiger partial charge in [0.15, 0.2) is 5.96 Å². The van der Waals surface area contributed by atoms with Gasteiger partial charge in [-0.3, -0.25) is 15.0 Å². The lowest BCUT2D eigenvalue weighted by atomic mass is 10.2. The number of hydrogen-bond donors (Lipinski definition) is 3. The fourth-order valence-electron chi connectivity index (χ4n) is 1.68. The Labute approximate surface area is 135 Å². The third-order valence-electron chi connectivity index (χ3n) is 2.60. The minimum absolute atomic E-state index is 0.171.